The van der Waals surface area contributed by atoms with Gasteiger partial charge >= 0.3 is 0 Å². The Labute approximate surface area is 114 Å². The van der Waals surface area contributed by atoms with Crippen LogP contribution >= 0.6 is 11.3 Å². The van der Waals surface area contributed by atoms with Crippen LogP contribution in [0.3, 0.4) is 0 Å². The number of nitrogens with zero attached hydrogens (tertiary/aromatic N) is 1. The Morgan fingerprint density at radius 2 is 2.16 bits per heavy atom. The van der Waals surface area contributed by atoms with E-state index >= 15 is 0 Å². The fraction of sp³-hybridized carbons (Fsp3) is 0.231. The first-order valence-electron chi connectivity index (χ1n) is 5.84. The number of phenolic OH excluding ortho intramolecular Hbond substituents is 2. The molecule has 3 N–H and O–H groups in total. The topological polar surface area (TPSA) is 82.5 Å². The zero-order chi connectivity index (χ0) is 13.8. The minimum atomic E-state index is -0.316. The highest BCUT2D eigenvalue weighted by atomic mass is 32.1. The number of benzene rings is 1. The molecule has 2 rings (SSSR count). The summed E-state index contributed by atoms with van der Waals surface area (Å²) in [4.78, 5) is 17.2. The van der Waals surface area contributed by atoms with Gasteiger partial charge in [-0.05, 0) is 24.6 Å². The second kappa shape index (κ2) is 5.71. The molecule has 0 saturated carbocycles. The van der Waals surface area contributed by atoms with Crippen LogP contribution in [0.15, 0.2) is 24.4 Å². The predicted octanol–water partition coefficient (Wildman–Crippen LogP) is 2.05. The number of carbonyl (C=O) groups is 1. The van der Waals surface area contributed by atoms with E-state index in [9.17, 15) is 15.0 Å². The van der Waals surface area contributed by atoms with Crippen LogP contribution in [0.4, 0.5) is 0 Å². The SMILES string of the molecule is CCc1cnc(CNC(=O)c2ccc(O)c(O)c2)s1. The van der Waals surface area contributed by atoms with Gasteiger partial charge in [0.15, 0.2) is 11.5 Å². The lowest BCUT2D eigenvalue weighted by Crippen LogP contribution is -2.22. The van der Waals surface area contributed by atoms with Gasteiger partial charge in [0.2, 0.25) is 0 Å². The van der Waals surface area contributed by atoms with Crippen LogP contribution in [0.25, 0.3) is 0 Å². The summed E-state index contributed by atoms with van der Waals surface area (Å²) >= 11 is 1.56. The molecule has 5 nitrogen and oxygen atoms in total. The summed E-state index contributed by atoms with van der Waals surface area (Å²) < 4.78 is 0. The Kier molecular flexibility index (Phi) is 4.01. The molecule has 1 heterocycles. The van der Waals surface area contributed by atoms with Crippen LogP contribution in [0.1, 0.15) is 27.2 Å². The summed E-state index contributed by atoms with van der Waals surface area (Å²) in [6.45, 7) is 2.40. The van der Waals surface area contributed by atoms with E-state index in [4.69, 9.17) is 0 Å². The largest absolute Gasteiger partial charge is 0.504 e. The van der Waals surface area contributed by atoms with Gasteiger partial charge < -0.3 is 15.5 Å². The number of rotatable bonds is 4. The Morgan fingerprint density at radius 1 is 1.37 bits per heavy atom. The molecule has 0 spiro atoms. The molecule has 0 fully saturated rings. The number of carbonyl (C=O) groups excluding carboxylic acids is 1. The number of thiazole rings is 1. The van der Waals surface area contributed by atoms with E-state index in [0.29, 0.717) is 12.1 Å². The van der Waals surface area contributed by atoms with Gasteiger partial charge in [-0.3, -0.25) is 4.79 Å². The van der Waals surface area contributed by atoms with E-state index in [1.54, 1.807) is 17.5 Å². The van der Waals surface area contributed by atoms with E-state index in [1.807, 2.05) is 0 Å². The van der Waals surface area contributed by atoms with Crippen LogP contribution in [0.5, 0.6) is 11.5 Å². The number of hydrogen-bond donors (Lipinski definition) is 3. The number of amides is 1. The van der Waals surface area contributed by atoms with E-state index in [1.165, 1.54) is 23.1 Å². The summed E-state index contributed by atoms with van der Waals surface area (Å²) in [6.07, 6.45) is 2.73. The maximum absolute atomic E-state index is 11.8. The zero-order valence-corrected chi connectivity index (χ0v) is 11.2. The first-order valence-corrected chi connectivity index (χ1v) is 6.65. The van der Waals surface area contributed by atoms with Crippen molar-refractivity contribution >= 4 is 17.2 Å². The van der Waals surface area contributed by atoms with Crippen molar-refractivity contribution in [2.75, 3.05) is 0 Å². The Balaban J connectivity index is 1.99. The minimum Gasteiger partial charge on any atom is -0.504 e. The van der Waals surface area contributed by atoms with Crippen molar-refractivity contribution in [1.82, 2.24) is 10.3 Å². The van der Waals surface area contributed by atoms with Gasteiger partial charge in [-0.2, -0.15) is 0 Å². The molecule has 1 aromatic heterocycles. The van der Waals surface area contributed by atoms with Gasteiger partial charge in [0.25, 0.3) is 5.91 Å². The van der Waals surface area contributed by atoms with Crippen LogP contribution in [0, 0.1) is 0 Å². The van der Waals surface area contributed by atoms with Crippen molar-refractivity contribution in [3.63, 3.8) is 0 Å². The second-order valence-corrected chi connectivity index (χ2v) is 5.16. The lowest BCUT2D eigenvalue weighted by Gasteiger charge is -2.04. The number of aryl methyl sites for hydroxylation is 1. The Morgan fingerprint density at radius 3 is 2.79 bits per heavy atom. The predicted molar refractivity (Wildman–Crippen MR) is 72.4 cm³/mol. The maximum Gasteiger partial charge on any atom is 0.251 e. The lowest BCUT2D eigenvalue weighted by molar-refractivity contribution is 0.0950. The fourth-order valence-corrected chi connectivity index (χ4v) is 2.32. The number of phenols is 2. The number of nitrogens with one attached hydrogen (secondary N) is 1. The summed E-state index contributed by atoms with van der Waals surface area (Å²) in [5.74, 6) is -0.872. The highest BCUT2D eigenvalue weighted by Gasteiger charge is 2.09. The normalized spacial score (nSPS) is 10.4. The summed E-state index contributed by atoms with van der Waals surface area (Å²) in [6, 6.07) is 3.95. The van der Waals surface area contributed by atoms with E-state index in [0.717, 1.165) is 11.4 Å². The van der Waals surface area contributed by atoms with Gasteiger partial charge in [-0.15, -0.1) is 11.3 Å². The van der Waals surface area contributed by atoms with Crippen molar-refractivity contribution in [2.45, 2.75) is 19.9 Å². The standard InChI is InChI=1S/C13H14N2O3S/c1-2-9-6-14-12(19-9)7-15-13(18)8-3-4-10(16)11(17)5-8/h3-6,16-17H,2,7H2,1H3,(H,15,18). The Bertz CT molecular complexity index is 595. The third kappa shape index (κ3) is 3.23. The smallest absolute Gasteiger partial charge is 0.251 e. The van der Waals surface area contributed by atoms with Gasteiger partial charge in [0.1, 0.15) is 5.01 Å². The second-order valence-electron chi connectivity index (χ2n) is 3.96. The monoisotopic (exact) mass is 278 g/mol. The number of aromatic nitrogens is 1. The molecular formula is C13H14N2O3S. The minimum absolute atomic E-state index is 0.246. The molecule has 0 aliphatic rings. The van der Waals surface area contributed by atoms with E-state index in [-0.39, 0.29) is 17.4 Å². The van der Waals surface area contributed by atoms with Crippen molar-refractivity contribution in [3.8, 4) is 11.5 Å². The summed E-state index contributed by atoms with van der Waals surface area (Å²) in [5, 5.41) is 22.1. The third-order valence-electron chi connectivity index (χ3n) is 2.59. The highest BCUT2D eigenvalue weighted by Crippen LogP contribution is 2.24. The van der Waals surface area contributed by atoms with E-state index in [2.05, 4.69) is 17.2 Å². The van der Waals surface area contributed by atoms with Crippen LogP contribution in [-0.4, -0.2) is 21.1 Å². The molecule has 0 unspecified atom stereocenters. The molecule has 6 heteroatoms. The highest BCUT2D eigenvalue weighted by molar-refractivity contribution is 7.11. The van der Waals surface area contributed by atoms with E-state index < -0.39 is 0 Å². The van der Waals surface area contributed by atoms with Gasteiger partial charge in [-0.25, -0.2) is 4.98 Å². The first kappa shape index (κ1) is 13.4. The molecule has 2 aromatic rings. The third-order valence-corrected chi connectivity index (χ3v) is 3.73. The molecule has 0 aliphatic heterocycles. The van der Waals surface area contributed by atoms with Gasteiger partial charge in [-0.1, -0.05) is 6.92 Å². The molecule has 1 aromatic carbocycles. The fourth-order valence-electron chi connectivity index (χ4n) is 1.52. The average molecular weight is 278 g/mol. The first-order chi connectivity index (χ1) is 9.10. The van der Waals surface area contributed by atoms with Crippen molar-refractivity contribution in [2.24, 2.45) is 0 Å². The molecule has 0 atom stereocenters. The van der Waals surface area contributed by atoms with Crippen molar-refractivity contribution in [3.05, 3.63) is 39.8 Å². The number of hydrogen-bond acceptors (Lipinski definition) is 5. The van der Waals surface area contributed by atoms with Crippen molar-refractivity contribution < 1.29 is 15.0 Å². The molecule has 0 saturated heterocycles. The molecular weight excluding hydrogens is 264 g/mol. The van der Waals surface area contributed by atoms with Gasteiger partial charge in [0, 0.05) is 16.6 Å². The zero-order valence-electron chi connectivity index (χ0n) is 10.4. The van der Waals surface area contributed by atoms with Crippen LogP contribution in [-0.2, 0) is 13.0 Å². The maximum atomic E-state index is 11.8. The van der Waals surface area contributed by atoms with Gasteiger partial charge in [0.05, 0.1) is 6.54 Å². The molecule has 0 aliphatic carbocycles. The van der Waals surface area contributed by atoms with Crippen LogP contribution < -0.4 is 5.32 Å². The molecule has 1 amide bonds. The number of aromatic hydroxyl groups is 2. The Hall–Kier alpha value is -2.08. The lowest BCUT2D eigenvalue weighted by atomic mass is 10.2. The summed E-state index contributed by atoms with van der Waals surface area (Å²) in [7, 11) is 0. The molecule has 0 radical (unpaired) electrons. The summed E-state index contributed by atoms with van der Waals surface area (Å²) in [5.41, 5.74) is 0.294. The average Bonchev–Trinajstić information content (AvgIpc) is 2.87. The quantitative estimate of drug-likeness (QED) is 0.747. The molecule has 19 heavy (non-hydrogen) atoms. The molecule has 0 bridgehead atoms. The molecule has 100 valence electrons. The van der Waals surface area contributed by atoms with Crippen molar-refractivity contribution in [1.29, 1.82) is 0 Å². The van der Waals surface area contributed by atoms with Crippen LogP contribution in [0.2, 0.25) is 0 Å².